The van der Waals surface area contributed by atoms with Gasteiger partial charge in [-0.15, -0.1) is 0 Å². The Bertz CT molecular complexity index is 352. The molecule has 0 aliphatic carbocycles. The highest BCUT2D eigenvalue weighted by Crippen LogP contribution is 2.12. The second-order valence-electron chi connectivity index (χ2n) is 3.46. The second-order valence-corrected chi connectivity index (χ2v) is 3.46. The van der Waals surface area contributed by atoms with Gasteiger partial charge >= 0.3 is 5.97 Å². The zero-order chi connectivity index (χ0) is 11.8. The fourth-order valence-corrected chi connectivity index (χ4v) is 1.19. The van der Waals surface area contributed by atoms with E-state index in [-0.39, 0.29) is 5.56 Å². The molecule has 16 heavy (non-hydrogen) atoms. The molecule has 1 aromatic carbocycles. The standard InChI is InChI=1S/C13H16O3/c1-2-3-4-5-10-16-12-8-6-11(7-9-12)13(14)15/h5-10H,2-4H2,1H3,(H,14,15). The van der Waals surface area contributed by atoms with Crippen molar-refractivity contribution >= 4 is 5.97 Å². The molecular weight excluding hydrogens is 204 g/mol. The van der Waals surface area contributed by atoms with Gasteiger partial charge in [0, 0.05) is 0 Å². The number of carbonyl (C=O) groups is 1. The van der Waals surface area contributed by atoms with E-state index in [2.05, 4.69) is 6.92 Å². The Morgan fingerprint density at radius 1 is 1.38 bits per heavy atom. The van der Waals surface area contributed by atoms with Crippen molar-refractivity contribution in [3.8, 4) is 5.75 Å². The summed E-state index contributed by atoms with van der Waals surface area (Å²) in [5.41, 5.74) is 0.266. The number of aromatic carboxylic acids is 1. The van der Waals surface area contributed by atoms with E-state index in [1.165, 1.54) is 12.1 Å². The third kappa shape index (κ3) is 4.17. The van der Waals surface area contributed by atoms with Gasteiger partial charge in [0.25, 0.3) is 0 Å². The van der Waals surface area contributed by atoms with Gasteiger partial charge in [0.05, 0.1) is 11.8 Å². The van der Waals surface area contributed by atoms with Crippen LogP contribution >= 0.6 is 0 Å². The number of hydrogen-bond acceptors (Lipinski definition) is 2. The molecule has 1 N–H and O–H groups in total. The Kier molecular flexibility index (Phi) is 5.12. The summed E-state index contributed by atoms with van der Waals surface area (Å²) >= 11 is 0. The van der Waals surface area contributed by atoms with E-state index < -0.39 is 5.97 Å². The molecule has 0 heterocycles. The monoisotopic (exact) mass is 220 g/mol. The third-order valence-corrected chi connectivity index (χ3v) is 2.13. The fourth-order valence-electron chi connectivity index (χ4n) is 1.19. The SMILES string of the molecule is CCCCC=COc1ccc(C(=O)O)cc1. The molecule has 0 atom stereocenters. The Hall–Kier alpha value is -1.77. The first-order valence-corrected chi connectivity index (χ1v) is 5.39. The molecule has 0 unspecified atom stereocenters. The first kappa shape index (κ1) is 12.3. The highest BCUT2D eigenvalue weighted by molar-refractivity contribution is 5.87. The summed E-state index contributed by atoms with van der Waals surface area (Å²) in [6, 6.07) is 6.34. The zero-order valence-electron chi connectivity index (χ0n) is 9.35. The number of allylic oxidation sites excluding steroid dienone is 1. The number of carboxylic acids is 1. The molecule has 1 rings (SSSR count). The molecule has 0 amide bonds. The van der Waals surface area contributed by atoms with Crippen molar-refractivity contribution in [1.82, 2.24) is 0 Å². The summed E-state index contributed by atoms with van der Waals surface area (Å²) in [6.07, 6.45) is 6.93. The Balaban J connectivity index is 2.43. The minimum Gasteiger partial charge on any atom is -0.478 e. The van der Waals surface area contributed by atoms with Gasteiger partial charge in [-0.3, -0.25) is 0 Å². The number of rotatable bonds is 6. The second kappa shape index (κ2) is 6.67. The van der Waals surface area contributed by atoms with Crippen LogP contribution in [0.4, 0.5) is 0 Å². The van der Waals surface area contributed by atoms with Crippen LogP contribution in [-0.4, -0.2) is 11.1 Å². The van der Waals surface area contributed by atoms with Crippen molar-refractivity contribution in [3.05, 3.63) is 42.2 Å². The van der Waals surface area contributed by atoms with Crippen LogP contribution in [-0.2, 0) is 0 Å². The van der Waals surface area contributed by atoms with Crippen LogP contribution in [0.25, 0.3) is 0 Å². The van der Waals surface area contributed by atoms with E-state index >= 15 is 0 Å². The van der Waals surface area contributed by atoms with Crippen molar-refractivity contribution in [1.29, 1.82) is 0 Å². The summed E-state index contributed by atoms with van der Waals surface area (Å²) in [5, 5.41) is 8.69. The lowest BCUT2D eigenvalue weighted by Gasteiger charge is -2.00. The molecule has 0 fully saturated rings. The Labute approximate surface area is 95.4 Å². The summed E-state index contributed by atoms with van der Waals surface area (Å²) in [7, 11) is 0. The zero-order valence-corrected chi connectivity index (χ0v) is 9.35. The van der Waals surface area contributed by atoms with Crippen molar-refractivity contribution in [2.24, 2.45) is 0 Å². The van der Waals surface area contributed by atoms with E-state index in [1.54, 1.807) is 18.4 Å². The van der Waals surface area contributed by atoms with Crippen LogP contribution in [0.5, 0.6) is 5.75 Å². The van der Waals surface area contributed by atoms with Crippen LogP contribution < -0.4 is 4.74 Å². The Morgan fingerprint density at radius 3 is 2.62 bits per heavy atom. The number of carboxylic acid groups (broad SMARTS) is 1. The largest absolute Gasteiger partial charge is 0.478 e. The molecule has 1 aromatic rings. The van der Waals surface area contributed by atoms with Crippen molar-refractivity contribution in [2.45, 2.75) is 26.2 Å². The first-order chi connectivity index (χ1) is 7.74. The lowest BCUT2D eigenvalue weighted by Crippen LogP contribution is -1.95. The minimum absolute atomic E-state index is 0.266. The van der Waals surface area contributed by atoms with Gasteiger partial charge in [0.2, 0.25) is 0 Å². The maximum atomic E-state index is 10.6. The van der Waals surface area contributed by atoms with E-state index in [1.807, 2.05) is 6.08 Å². The summed E-state index contributed by atoms with van der Waals surface area (Å²) in [6.45, 7) is 2.14. The molecular formula is C13H16O3. The van der Waals surface area contributed by atoms with Gasteiger partial charge in [0.15, 0.2) is 0 Å². The Morgan fingerprint density at radius 2 is 2.06 bits per heavy atom. The van der Waals surface area contributed by atoms with E-state index in [9.17, 15) is 4.79 Å². The van der Waals surface area contributed by atoms with E-state index in [0.717, 1.165) is 19.3 Å². The van der Waals surface area contributed by atoms with Gasteiger partial charge in [-0.05, 0) is 43.2 Å². The highest BCUT2D eigenvalue weighted by Gasteiger charge is 2.00. The van der Waals surface area contributed by atoms with Crippen molar-refractivity contribution < 1.29 is 14.6 Å². The third-order valence-electron chi connectivity index (χ3n) is 2.13. The maximum absolute atomic E-state index is 10.6. The van der Waals surface area contributed by atoms with Crippen LogP contribution in [0.3, 0.4) is 0 Å². The average Bonchev–Trinajstić information content (AvgIpc) is 2.29. The predicted molar refractivity (Wildman–Crippen MR) is 62.7 cm³/mol. The summed E-state index contributed by atoms with van der Waals surface area (Å²) in [5.74, 6) is -0.275. The molecule has 0 aliphatic rings. The van der Waals surface area contributed by atoms with Gasteiger partial charge in [0.1, 0.15) is 5.75 Å². The molecule has 0 aliphatic heterocycles. The first-order valence-electron chi connectivity index (χ1n) is 5.39. The quantitative estimate of drug-likeness (QED) is 0.589. The normalized spacial score (nSPS) is 10.6. The molecule has 0 spiro atoms. The van der Waals surface area contributed by atoms with Crippen LogP contribution in [0, 0.1) is 0 Å². The molecule has 0 radical (unpaired) electrons. The molecule has 0 bridgehead atoms. The van der Waals surface area contributed by atoms with Gasteiger partial charge < -0.3 is 9.84 Å². The highest BCUT2D eigenvalue weighted by atomic mass is 16.5. The summed E-state index contributed by atoms with van der Waals surface area (Å²) < 4.78 is 5.31. The number of hydrogen-bond donors (Lipinski definition) is 1. The van der Waals surface area contributed by atoms with Crippen molar-refractivity contribution in [3.63, 3.8) is 0 Å². The number of ether oxygens (including phenoxy) is 1. The molecule has 3 nitrogen and oxygen atoms in total. The van der Waals surface area contributed by atoms with E-state index in [4.69, 9.17) is 9.84 Å². The van der Waals surface area contributed by atoms with Gasteiger partial charge in [-0.25, -0.2) is 4.79 Å². The van der Waals surface area contributed by atoms with Gasteiger partial charge in [-0.1, -0.05) is 13.3 Å². The van der Waals surface area contributed by atoms with Crippen LogP contribution in [0.15, 0.2) is 36.6 Å². The predicted octanol–water partition coefficient (Wildman–Crippen LogP) is 3.47. The maximum Gasteiger partial charge on any atom is 0.335 e. The molecule has 0 saturated heterocycles. The topological polar surface area (TPSA) is 46.5 Å². The lowest BCUT2D eigenvalue weighted by molar-refractivity contribution is 0.0697. The average molecular weight is 220 g/mol. The van der Waals surface area contributed by atoms with Crippen LogP contribution in [0.1, 0.15) is 36.5 Å². The van der Waals surface area contributed by atoms with Crippen LogP contribution in [0.2, 0.25) is 0 Å². The smallest absolute Gasteiger partial charge is 0.335 e. The minimum atomic E-state index is -0.926. The van der Waals surface area contributed by atoms with E-state index in [0.29, 0.717) is 5.75 Å². The van der Waals surface area contributed by atoms with Crippen molar-refractivity contribution in [2.75, 3.05) is 0 Å². The summed E-state index contributed by atoms with van der Waals surface area (Å²) in [4.78, 5) is 10.6. The number of benzene rings is 1. The fraction of sp³-hybridized carbons (Fsp3) is 0.308. The molecule has 0 saturated carbocycles. The number of unbranched alkanes of at least 4 members (excludes halogenated alkanes) is 2. The van der Waals surface area contributed by atoms with Gasteiger partial charge in [-0.2, -0.15) is 0 Å². The molecule has 86 valence electrons. The molecule has 0 aromatic heterocycles. The lowest BCUT2D eigenvalue weighted by atomic mass is 10.2. The molecule has 3 heteroatoms.